The van der Waals surface area contributed by atoms with Crippen molar-refractivity contribution >= 4 is 38.5 Å². The van der Waals surface area contributed by atoms with Crippen LogP contribution >= 0.6 is 11.6 Å². The Morgan fingerprint density at radius 3 is 2.69 bits per heavy atom. The molecule has 0 spiro atoms. The minimum absolute atomic E-state index is 0.00871. The first-order valence-corrected chi connectivity index (χ1v) is 10.00. The lowest BCUT2D eigenvalue weighted by atomic mass is 10.2. The zero-order valence-electron chi connectivity index (χ0n) is 14.0. The van der Waals surface area contributed by atoms with Gasteiger partial charge < -0.3 is 9.64 Å². The summed E-state index contributed by atoms with van der Waals surface area (Å²) in [6, 6.07) is 10.0. The summed E-state index contributed by atoms with van der Waals surface area (Å²) in [7, 11) is -3.78. The van der Waals surface area contributed by atoms with E-state index in [9.17, 15) is 8.42 Å². The summed E-state index contributed by atoms with van der Waals surface area (Å²) in [6.45, 7) is 3.83. The van der Waals surface area contributed by atoms with Gasteiger partial charge in [0.15, 0.2) is 5.65 Å². The van der Waals surface area contributed by atoms with Gasteiger partial charge >= 0.3 is 0 Å². The second kappa shape index (κ2) is 6.53. The zero-order chi connectivity index (χ0) is 18.3. The summed E-state index contributed by atoms with van der Waals surface area (Å²) < 4.78 is 32.6. The average Bonchev–Trinajstić information content (AvgIpc) is 3.07. The molecule has 1 aromatic carbocycles. The lowest BCUT2D eigenvalue weighted by molar-refractivity contribution is 0.0987. The Hall–Kier alpha value is -2.16. The monoisotopic (exact) mass is 392 g/mol. The molecule has 0 radical (unpaired) electrons. The van der Waals surface area contributed by atoms with Gasteiger partial charge in [0.25, 0.3) is 10.0 Å². The van der Waals surface area contributed by atoms with Crippen molar-refractivity contribution in [1.29, 1.82) is 0 Å². The number of morpholine rings is 1. The van der Waals surface area contributed by atoms with E-state index < -0.39 is 10.0 Å². The maximum Gasteiger partial charge on any atom is 0.269 e. The van der Waals surface area contributed by atoms with Crippen molar-refractivity contribution in [2.45, 2.75) is 17.9 Å². The van der Waals surface area contributed by atoms with Crippen molar-refractivity contribution in [1.82, 2.24) is 13.9 Å². The van der Waals surface area contributed by atoms with Crippen LogP contribution in [0.15, 0.2) is 47.5 Å². The highest BCUT2D eigenvalue weighted by atomic mass is 35.5. The normalized spacial score (nSPS) is 18.4. The lowest BCUT2D eigenvalue weighted by Crippen LogP contribution is -2.44. The molecule has 1 saturated heterocycles. The Morgan fingerprint density at radius 1 is 1.19 bits per heavy atom. The Kier molecular flexibility index (Phi) is 4.34. The van der Waals surface area contributed by atoms with Crippen LogP contribution in [-0.2, 0) is 14.8 Å². The van der Waals surface area contributed by atoms with Gasteiger partial charge in [-0.05, 0) is 36.7 Å². The molecule has 0 aliphatic carbocycles. The maximum absolute atomic E-state index is 13.0. The van der Waals surface area contributed by atoms with E-state index in [1.54, 1.807) is 36.4 Å². The third-order valence-corrected chi connectivity index (χ3v) is 6.25. The fourth-order valence-electron chi connectivity index (χ4n) is 3.11. The molecule has 3 heterocycles. The van der Waals surface area contributed by atoms with E-state index in [0.717, 1.165) is 3.97 Å². The number of benzene rings is 1. The smallest absolute Gasteiger partial charge is 0.269 e. The molecular weight excluding hydrogens is 376 g/mol. The molecule has 4 rings (SSSR count). The molecule has 1 aliphatic rings. The fourth-order valence-corrected chi connectivity index (χ4v) is 4.59. The second-order valence-electron chi connectivity index (χ2n) is 6.10. The van der Waals surface area contributed by atoms with Crippen LogP contribution in [0.1, 0.15) is 6.92 Å². The predicted molar refractivity (Wildman–Crippen MR) is 99.2 cm³/mol. The molecule has 0 bridgehead atoms. The van der Waals surface area contributed by atoms with Gasteiger partial charge in [0.05, 0.1) is 29.5 Å². The van der Waals surface area contributed by atoms with Crippen LogP contribution in [0, 0.1) is 0 Å². The molecule has 9 heteroatoms. The van der Waals surface area contributed by atoms with Gasteiger partial charge in [-0.1, -0.05) is 18.2 Å². The van der Waals surface area contributed by atoms with Crippen LogP contribution in [0.4, 0.5) is 5.82 Å². The first kappa shape index (κ1) is 17.3. The largest absolute Gasteiger partial charge is 0.377 e. The summed E-state index contributed by atoms with van der Waals surface area (Å²) in [5.74, 6) is 0.623. The third kappa shape index (κ3) is 2.84. The number of anilines is 1. The molecule has 26 heavy (non-hydrogen) atoms. The maximum atomic E-state index is 13.0. The highest BCUT2D eigenvalue weighted by Crippen LogP contribution is 2.30. The molecular formula is C17H17ClN4O3S. The van der Waals surface area contributed by atoms with Crippen LogP contribution in [0.3, 0.4) is 0 Å². The Balaban J connectivity index is 1.90. The highest BCUT2D eigenvalue weighted by Gasteiger charge is 2.26. The van der Waals surface area contributed by atoms with Gasteiger partial charge in [-0.15, -0.1) is 0 Å². The molecule has 2 aromatic heterocycles. The van der Waals surface area contributed by atoms with Gasteiger partial charge in [0.2, 0.25) is 5.28 Å². The lowest BCUT2D eigenvalue weighted by Gasteiger charge is -2.34. The van der Waals surface area contributed by atoms with Crippen molar-refractivity contribution in [3.8, 4) is 0 Å². The average molecular weight is 393 g/mol. The molecule has 1 fully saturated rings. The quantitative estimate of drug-likeness (QED) is 0.637. The summed E-state index contributed by atoms with van der Waals surface area (Å²) in [5, 5.41) is 0.650. The summed E-state index contributed by atoms with van der Waals surface area (Å²) in [4.78, 5) is 10.8. The van der Waals surface area contributed by atoms with Crippen LogP contribution < -0.4 is 4.90 Å². The van der Waals surface area contributed by atoms with E-state index in [1.807, 2.05) is 6.92 Å². The Labute approximate surface area is 156 Å². The minimum Gasteiger partial charge on any atom is -0.377 e. The van der Waals surface area contributed by atoms with Crippen LogP contribution in [0.25, 0.3) is 11.0 Å². The van der Waals surface area contributed by atoms with Gasteiger partial charge in [-0.2, -0.15) is 9.97 Å². The van der Waals surface area contributed by atoms with Crippen molar-refractivity contribution in [2.24, 2.45) is 0 Å². The third-order valence-electron chi connectivity index (χ3n) is 4.40. The minimum atomic E-state index is -3.78. The standard InChI is InChI=1S/C17H17ClN4O3S/c1-12-11-25-10-9-21(12)15-14-7-8-22(16(14)20-17(18)19-15)26(23,24)13-5-3-2-4-6-13/h2-8,12H,9-11H2,1H3/t12-/m1/s1. The van der Waals surface area contributed by atoms with Crippen LogP contribution in [0.2, 0.25) is 5.28 Å². The number of halogens is 1. The molecule has 0 saturated carbocycles. The first-order valence-electron chi connectivity index (χ1n) is 8.18. The van der Waals surface area contributed by atoms with Gasteiger partial charge in [0, 0.05) is 12.7 Å². The summed E-state index contributed by atoms with van der Waals surface area (Å²) >= 11 is 6.13. The van der Waals surface area contributed by atoms with Crippen molar-refractivity contribution < 1.29 is 13.2 Å². The predicted octanol–water partition coefficient (Wildman–Crippen LogP) is 2.55. The van der Waals surface area contributed by atoms with E-state index >= 15 is 0 Å². The molecule has 0 amide bonds. The molecule has 1 aliphatic heterocycles. The number of hydrogen-bond donors (Lipinski definition) is 0. The van der Waals surface area contributed by atoms with Gasteiger partial charge in [0.1, 0.15) is 5.82 Å². The molecule has 1 atom stereocenters. The first-order chi connectivity index (χ1) is 12.5. The van der Waals surface area contributed by atoms with E-state index in [4.69, 9.17) is 16.3 Å². The second-order valence-corrected chi connectivity index (χ2v) is 8.25. The highest BCUT2D eigenvalue weighted by molar-refractivity contribution is 7.90. The number of fused-ring (bicyclic) bond motifs is 1. The van der Waals surface area contributed by atoms with Crippen molar-refractivity contribution in [3.63, 3.8) is 0 Å². The van der Waals surface area contributed by atoms with Crippen molar-refractivity contribution in [2.75, 3.05) is 24.7 Å². The number of hydrogen-bond acceptors (Lipinski definition) is 6. The molecule has 136 valence electrons. The number of ether oxygens (including phenoxy) is 1. The number of rotatable bonds is 3. The Bertz CT molecular complexity index is 1050. The number of nitrogens with zero attached hydrogens (tertiary/aromatic N) is 4. The zero-order valence-corrected chi connectivity index (χ0v) is 15.6. The summed E-state index contributed by atoms with van der Waals surface area (Å²) in [6.07, 6.45) is 1.49. The van der Waals surface area contributed by atoms with Crippen LogP contribution in [-0.4, -0.2) is 48.2 Å². The van der Waals surface area contributed by atoms with E-state index in [-0.39, 0.29) is 21.9 Å². The Morgan fingerprint density at radius 2 is 1.96 bits per heavy atom. The number of aromatic nitrogens is 3. The molecule has 7 nitrogen and oxygen atoms in total. The van der Waals surface area contributed by atoms with Gasteiger partial charge in [-0.25, -0.2) is 12.4 Å². The molecule has 0 N–H and O–H groups in total. The molecule has 0 unspecified atom stereocenters. The summed E-state index contributed by atoms with van der Waals surface area (Å²) in [5.41, 5.74) is 0.266. The van der Waals surface area contributed by atoms with Crippen LogP contribution in [0.5, 0.6) is 0 Å². The SMILES string of the molecule is C[C@@H]1COCCN1c1nc(Cl)nc2c1ccn2S(=O)(=O)c1ccccc1. The topological polar surface area (TPSA) is 77.3 Å². The van der Waals surface area contributed by atoms with E-state index in [1.165, 1.54) is 6.20 Å². The van der Waals surface area contributed by atoms with E-state index in [0.29, 0.717) is 31.0 Å². The van der Waals surface area contributed by atoms with Gasteiger partial charge in [-0.3, -0.25) is 0 Å². The van der Waals surface area contributed by atoms with Crippen molar-refractivity contribution in [3.05, 3.63) is 47.9 Å². The fraction of sp³-hybridized carbons (Fsp3) is 0.294. The molecule has 3 aromatic rings. The van der Waals surface area contributed by atoms with E-state index in [2.05, 4.69) is 14.9 Å².